The summed E-state index contributed by atoms with van der Waals surface area (Å²) >= 11 is 0. The first-order valence-corrected chi connectivity index (χ1v) is 6.90. The molecule has 0 aliphatic heterocycles. The molecule has 0 aromatic carbocycles. The summed E-state index contributed by atoms with van der Waals surface area (Å²) in [6, 6.07) is 0.711. The van der Waals surface area contributed by atoms with Gasteiger partial charge < -0.3 is 10.4 Å². The Kier molecular flexibility index (Phi) is 5.77. The molecule has 0 radical (unpaired) electrons. The highest BCUT2D eigenvalue weighted by atomic mass is 16.3. The van der Waals surface area contributed by atoms with Gasteiger partial charge >= 0.3 is 0 Å². The molecule has 96 valence electrons. The third kappa shape index (κ3) is 4.84. The molecule has 2 N–H and O–H groups in total. The van der Waals surface area contributed by atoms with Gasteiger partial charge in [0.05, 0.1) is 6.10 Å². The normalized spacial score (nSPS) is 34.7. The largest absolute Gasteiger partial charge is 0.393 e. The molecule has 2 heteroatoms. The molecule has 1 aliphatic carbocycles. The van der Waals surface area contributed by atoms with E-state index < -0.39 is 0 Å². The zero-order valence-corrected chi connectivity index (χ0v) is 11.4. The van der Waals surface area contributed by atoms with E-state index in [-0.39, 0.29) is 6.10 Å². The Morgan fingerprint density at radius 3 is 2.44 bits per heavy atom. The second-order valence-corrected chi connectivity index (χ2v) is 6.06. The summed E-state index contributed by atoms with van der Waals surface area (Å²) in [5.41, 5.74) is 0. The van der Waals surface area contributed by atoms with Gasteiger partial charge in [-0.15, -0.1) is 0 Å². The van der Waals surface area contributed by atoms with Gasteiger partial charge in [0, 0.05) is 6.04 Å². The van der Waals surface area contributed by atoms with Gasteiger partial charge in [-0.1, -0.05) is 20.8 Å². The van der Waals surface area contributed by atoms with E-state index in [1.807, 2.05) is 6.92 Å². The van der Waals surface area contributed by atoms with Crippen molar-refractivity contribution in [2.24, 2.45) is 17.8 Å². The highest BCUT2D eigenvalue weighted by Gasteiger charge is 2.24. The maximum absolute atomic E-state index is 9.31. The number of hydrogen-bond donors (Lipinski definition) is 2. The van der Waals surface area contributed by atoms with Gasteiger partial charge in [0.1, 0.15) is 0 Å². The van der Waals surface area contributed by atoms with Gasteiger partial charge in [-0.2, -0.15) is 0 Å². The molecule has 0 aromatic rings. The van der Waals surface area contributed by atoms with Crippen LogP contribution in [0.3, 0.4) is 0 Å². The molecule has 0 heterocycles. The predicted octanol–water partition coefficient (Wildman–Crippen LogP) is 2.81. The van der Waals surface area contributed by atoms with E-state index >= 15 is 0 Å². The second-order valence-electron chi connectivity index (χ2n) is 6.06. The Morgan fingerprint density at radius 2 is 1.88 bits per heavy atom. The van der Waals surface area contributed by atoms with E-state index in [2.05, 4.69) is 26.1 Å². The maximum atomic E-state index is 9.31. The monoisotopic (exact) mass is 227 g/mol. The Labute approximate surface area is 101 Å². The van der Waals surface area contributed by atoms with Crippen molar-refractivity contribution in [3.63, 3.8) is 0 Å². The third-order valence-corrected chi connectivity index (χ3v) is 4.10. The van der Waals surface area contributed by atoms with Crippen molar-refractivity contribution in [1.82, 2.24) is 5.32 Å². The van der Waals surface area contributed by atoms with Crippen LogP contribution < -0.4 is 5.32 Å². The van der Waals surface area contributed by atoms with E-state index in [1.165, 1.54) is 19.3 Å². The van der Waals surface area contributed by atoms with Crippen LogP contribution in [0, 0.1) is 17.8 Å². The summed E-state index contributed by atoms with van der Waals surface area (Å²) in [5.74, 6) is 2.33. The molecule has 0 amide bonds. The Hall–Kier alpha value is -0.0800. The SMILES string of the molecule is C[C@@H](CN[C@@H]1CC[C@@H](C)[C@@H](C)C1)C[C@H](C)O. The van der Waals surface area contributed by atoms with E-state index in [0.29, 0.717) is 12.0 Å². The van der Waals surface area contributed by atoms with Crippen LogP contribution in [0.25, 0.3) is 0 Å². The summed E-state index contributed by atoms with van der Waals surface area (Å²) in [5, 5.41) is 13.0. The van der Waals surface area contributed by atoms with E-state index in [0.717, 1.165) is 24.8 Å². The van der Waals surface area contributed by atoms with Crippen LogP contribution in [0.5, 0.6) is 0 Å². The lowest BCUT2D eigenvalue weighted by Crippen LogP contribution is -2.38. The molecule has 1 fully saturated rings. The summed E-state index contributed by atoms with van der Waals surface area (Å²) in [7, 11) is 0. The van der Waals surface area contributed by atoms with Crippen molar-refractivity contribution in [3.05, 3.63) is 0 Å². The van der Waals surface area contributed by atoms with Gasteiger partial charge in [0.25, 0.3) is 0 Å². The van der Waals surface area contributed by atoms with Crippen LogP contribution in [-0.2, 0) is 0 Å². The molecule has 1 aliphatic rings. The minimum absolute atomic E-state index is 0.165. The molecule has 0 spiro atoms. The van der Waals surface area contributed by atoms with Crippen molar-refractivity contribution in [1.29, 1.82) is 0 Å². The lowest BCUT2D eigenvalue weighted by Gasteiger charge is -2.33. The van der Waals surface area contributed by atoms with Gasteiger partial charge in [0.15, 0.2) is 0 Å². The van der Waals surface area contributed by atoms with Crippen LogP contribution >= 0.6 is 0 Å². The van der Waals surface area contributed by atoms with Crippen molar-refractivity contribution in [2.75, 3.05) is 6.54 Å². The number of hydrogen-bond acceptors (Lipinski definition) is 2. The molecule has 0 aromatic heterocycles. The molecule has 5 atom stereocenters. The number of aliphatic hydroxyl groups excluding tert-OH is 1. The summed E-state index contributed by atoms with van der Waals surface area (Å²) in [4.78, 5) is 0. The first kappa shape index (κ1) is 14.0. The lowest BCUT2D eigenvalue weighted by molar-refractivity contribution is 0.158. The summed E-state index contributed by atoms with van der Waals surface area (Å²) in [6.45, 7) is 9.89. The fraction of sp³-hybridized carbons (Fsp3) is 1.00. The lowest BCUT2D eigenvalue weighted by atomic mass is 9.79. The Bertz CT molecular complexity index is 193. The van der Waals surface area contributed by atoms with Gasteiger partial charge in [0.2, 0.25) is 0 Å². The van der Waals surface area contributed by atoms with Crippen molar-refractivity contribution < 1.29 is 5.11 Å². The van der Waals surface area contributed by atoms with Crippen LogP contribution in [0.2, 0.25) is 0 Å². The number of nitrogens with one attached hydrogen (secondary N) is 1. The van der Waals surface area contributed by atoms with Crippen molar-refractivity contribution in [2.45, 2.75) is 65.5 Å². The molecule has 0 bridgehead atoms. The molecule has 0 unspecified atom stereocenters. The average Bonchev–Trinajstić information content (AvgIpc) is 2.19. The van der Waals surface area contributed by atoms with Crippen LogP contribution in [0.15, 0.2) is 0 Å². The van der Waals surface area contributed by atoms with Crippen LogP contribution in [-0.4, -0.2) is 23.8 Å². The topological polar surface area (TPSA) is 32.3 Å². The van der Waals surface area contributed by atoms with E-state index in [9.17, 15) is 5.11 Å². The quantitative estimate of drug-likeness (QED) is 0.757. The zero-order chi connectivity index (χ0) is 12.1. The van der Waals surface area contributed by atoms with Gasteiger partial charge in [-0.3, -0.25) is 0 Å². The first-order valence-electron chi connectivity index (χ1n) is 6.90. The first-order chi connectivity index (χ1) is 7.49. The molecule has 16 heavy (non-hydrogen) atoms. The zero-order valence-electron chi connectivity index (χ0n) is 11.4. The molecule has 1 rings (SSSR count). The van der Waals surface area contributed by atoms with E-state index in [4.69, 9.17) is 0 Å². The molecule has 0 saturated heterocycles. The number of aliphatic hydroxyl groups is 1. The van der Waals surface area contributed by atoms with Gasteiger partial charge in [-0.05, 0) is 56.9 Å². The second kappa shape index (κ2) is 6.61. The average molecular weight is 227 g/mol. The Morgan fingerprint density at radius 1 is 1.19 bits per heavy atom. The standard InChI is InChI=1S/C14H29NO/c1-10(7-13(4)16)9-15-14-6-5-11(2)12(3)8-14/h10-16H,5-9H2,1-4H3/t10-,11-,12+,13+,14-/m1/s1. The summed E-state index contributed by atoms with van der Waals surface area (Å²) in [6.07, 6.45) is 4.76. The third-order valence-electron chi connectivity index (χ3n) is 4.10. The van der Waals surface area contributed by atoms with Gasteiger partial charge in [-0.25, -0.2) is 0 Å². The predicted molar refractivity (Wildman–Crippen MR) is 69.4 cm³/mol. The minimum atomic E-state index is -0.165. The fourth-order valence-corrected chi connectivity index (χ4v) is 2.77. The minimum Gasteiger partial charge on any atom is -0.393 e. The molecular formula is C14H29NO. The van der Waals surface area contributed by atoms with E-state index in [1.54, 1.807) is 0 Å². The fourth-order valence-electron chi connectivity index (χ4n) is 2.77. The smallest absolute Gasteiger partial charge is 0.0515 e. The molecule has 2 nitrogen and oxygen atoms in total. The summed E-state index contributed by atoms with van der Waals surface area (Å²) < 4.78 is 0. The maximum Gasteiger partial charge on any atom is 0.0515 e. The molecule has 1 saturated carbocycles. The number of rotatable bonds is 5. The highest BCUT2D eigenvalue weighted by molar-refractivity contribution is 4.80. The van der Waals surface area contributed by atoms with Crippen molar-refractivity contribution >= 4 is 0 Å². The van der Waals surface area contributed by atoms with Crippen molar-refractivity contribution in [3.8, 4) is 0 Å². The Balaban J connectivity index is 2.18. The highest BCUT2D eigenvalue weighted by Crippen LogP contribution is 2.29. The molecular weight excluding hydrogens is 198 g/mol. The van der Waals surface area contributed by atoms with Crippen LogP contribution in [0.1, 0.15) is 53.4 Å². The van der Waals surface area contributed by atoms with Crippen LogP contribution in [0.4, 0.5) is 0 Å².